The van der Waals surface area contributed by atoms with E-state index in [1.54, 1.807) is 0 Å². The van der Waals surface area contributed by atoms with Crippen molar-refractivity contribution in [3.8, 4) is 0 Å². The predicted molar refractivity (Wildman–Crippen MR) is 84.4 cm³/mol. The van der Waals surface area contributed by atoms with Crippen molar-refractivity contribution in [3.63, 3.8) is 0 Å². The van der Waals surface area contributed by atoms with E-state index in [2.05, 4.69) is 10.1 Å². The van der Waals surface area contributed by atoms with E-state index in [1.165, 1.54) is 0 Å². The van der Waals surface area contributed by atoms with E-state index in [1.807, 2.05) is 0 Å². The van der Waals surface area contributed by atoms with Gasteiger partial charge in [-0.1, -0.05) is 0 Å². The van der Waals surface area contributed by atoms with Crippen molar-refractivity contribution in [2.45, 2.75) is 6.18 Å². The van der Waals surface area contributed by atoms with Crippen LogP contribution in [-0.4, -0.2) is 53.6 Å². The Labute approximate surface area is 154 Å². The van der Waals surface area contributed by atoms with Gasteiger partial charge in [-0.3, -0.25) is 14.9 Å². The number of aliphatic hydroxyl groups excluding tert-OH is 1. The van der Waals surface area contributed by atoms with Crippen LogP contribution in [0.4, 0.5) is 28.9 Å². The van der Waals surface area contributed by atoms with Crippen LogP contribution in [-0.2, 0) is 20.5 Å². The van der Waals surface area contributed by atoms with Crippen molar-refractivity contribution in [2.75, 3.05) is 32.1 Å². The molecule has 1 aromatic rings. The fourth-order valence-electron chi connectivity index (χ4n) is 2.51. The zero-order valence-corrected chi connectivity index (χ0v) is 14.2. The number of benzene rings is 1. The summed E-state index contributed by atoms with van der Waals surface area (Å²) in [6, 6.07) is 0.200. The van der Waals surface area contributed by atoms with Crippen LogP contribution in [0.15, 0.2) is 23.4 Å². The van der Waals surface area contributed by atoms with Gasteiger partial charge in [-0.15, -0.1) is 0 Å². The third kappa shape index (κ3) is 4.03. The van der Waals surface area contributed by atoms with Gasteiger partial charge < -0.3 is 20.1 Å². The average molecular weight is 407 g/mol. The van der Waals surface area contributed by atoms with E-state index >= 15 is 0 Å². The number of β-amino-alcohol motifs (C(OH)–C–C–N with tert-alkyl or cyclic N) is 1. The molecule has 0 aliphatic carbocycles. The second kappa shape index (κ2) is 7.80. The molecular formula is C15H13F4N3O6. The number of carbonyl (C=O) groups excluding carboxylic acids is 2. The maximum Gasteiger partial charge on any atom is 0.419 e. The molecular weight excluding hydrogens is 394 g/mol. The van der Waals surface area contributed by atoms with Crippen molar-refractivity contribution in [2.24, 2.45) is 0 Å². The molecule has 0 saturated carbocycles. The van der Waals surface area contributed by atoms with E-state index in [9.17, 15) is 37.3 Å². The standard InChI is InChI=1S/C15H13F4N3O6/c1-28-14(25)7-6-21(2-3-23)13(24)12(7)20-10-4-8(15(17,18)19)9(16)5-11(10)22(26)27/h4-5,20,23H,2-3,6H2,1H3. The maximum atomic E-state index is 13.7. The Bertz CT molecular complexity index is 868. The summed E-state index contributed by atoms with van der Waals surface area (Å²) >= 11 is 0. The lowest BCUT2D eigenvalue weighted by molar-refractivity contribution is -0.384. The highest BCUT2D eigenvalue weighted by molar-refractivity contribution is 6.08. The largest absolute Gasteiger partial charge is 0.466 e. The summed E-state index contributed by atoms with van der Waals surface area (Å²) in [5, 5.41) is 22.2. The number of nitro benzene ring substituents is 1. The number of esters is 1. The first kappa shape index (κ1) is 21.1. The van der Waals surface area contributed by atoms with Crippen molar-refractivity contribution in [1.82, 2.24) is 4.90 Å². The van der Waals surface area contributed by atoms with Crippen molar-refractivity contribution < 1.29 is 41.9 Å². The predicted octanol–water partition coefficient (Wildman–Crippen LogP) is 1.43. The number of halogens is 4. The molecule has 13 heteroatoms. The summed E-state index contributed by atoms with van der Waals surface area (Å²) in [6.07, 6.45) is -5.15. The summed E-state index contributed by atoms with van der Waals surface area (Å²) in [5.74, 6) is -3.77. The summed E-state index contributed by atoms with van der Waals surface area (Å²) < 4.78 is 57.0. The molecule has 1 amide bonds. The molecule has 9 nitrogen and oxygen atoms in total. The molecule has 0 fully saturated rings. The van der Waals surface area contributed by atoms with Gasteiger partial charge in [0.1, 0.15) is 17.2 Å². The number of nitrogens with zero attached hydrogens (tertiary/aromatic N) is 2. The number of carbonyl (C=O) groups is 2. The van der Waals surface area contributed by atoms with Gasteiger partial charge in [0, 0.05) is 6.54 Å². The van der Waals surface area contributed by atoms with Crippen molar-refractivity contribution in [3.05, 3.63) is 44.9 Å². The Morgan fingerprint density at radius 2 is 2.07 bits per heavy atom. The zero-order valence-electron chi connectivity index (χ0n) is 14.2. The molecule has 0 spiro atoms. The molecule has 1 aliphatic heterocycles. The van der Waals surface area contributed by atoms with Crippen LogP contribution in [0.1, 0.15) is 5.56 Å². The SMILES string of the molecule is COC(=O)C1=C(Nc2cc(C(F)(F)F)c(F)cc2[N+](=O)[O-])C(=O)N(CCO)C1. The fraction of sp³-hybridized carbons (Fsp3) is 0.333. The minimum absolute atomic E-state index is 0.0639. The number of nitro groups is 1. The number of methoxy groups -OCH3 is 1. The molecule has 0 unspecified atom stereocenters. The Kier molecular flexibility index (Phi) is 5.87. The molecule has 152 valence electrons. The number of ether oxygens (including phenoxy) is 1. The first-order valence-electron chi connectivity index (χ1n) is 7.55. The molecule has 1 heterocycles. The first-order valence-corrected chi connectivity index (χ1v) is 7.55. The van der Waals surface area contributed by atoms with Gasteiger partial charge in [0.25, 0.3) is 11.6 Å². The fourth-order valence-corrected chi connectivity index (χ4v) is 2.51. The zero-order chi connectivity index (χ0) is 21.2. The van der Waals surface area contributed by atoms with E-state index in [0.717, 1.165) is 12.0 Å². The molecule has 0 radical (unpaired) electrons. The van der Waals surface area contributed by atoms with Gasteiger partial charge in [0.2, 0.25) is 0 Å². The number of amides is 1. The number of alkyl halides is 3. The van der Waals surface area contributed by atoms with E-state index in [-0.39, 0.29) is 30.8 Å². The van der Waals surface area contributed by atoms with Crippen LogP contribution < -0.4 is 5.32 Å². The smallest absolute Gasteiger partial charge is 0.419 e. The lowest BCUT2D eigenvalue weighted by Crippen LogP contribution is -2.31. The van der Waals surface area contributed by atoms with Crippen LogP contribution in [0.25, 0.3) is 0 Å². The molecule has 0 aromatic heterocycles. The summed E-state index contributed by atoms with van der Waals surface area (Å²) in [4.78, 5) is 35.2. The Morgan fingerprint density at radius 3 is 2.57 bits per heavy atom. The summed E-state index contributed by atoms with van der Waals surface area (Å²) in [6.45, 7) is -1.01. The summed E-state index contributed by atoms with van der Waals surface area (Å²) in [5.41, 5.74) is -4.58. The second-order valence-corrected chi connectivity index (χ2v) is 5.52. The molecule has 2 rings (SSSR count). The number of hydrogen-bond donors (Lipinski definition) is 2. The number of rotatable bonds is 6. The normalized spacial score (nSPS) is 14.5. The van der Waals surface area contributed by atoms with E-state index in [0.29, 0.717) is 0 Å². The van der Waals surface area contributed by atoms with Crippen LogP contribution in [0, 0.1) is 15.9 Å². The molecule has 0 bridgehead atoms. The van der Waals surface area contributed by atoms with Crippen LogP contribution >= 0.6 is 0 Å². The maximum absolute atomic E-state index is 13.7. The molecule has 0 saturated heterocycles. The minimum atomic E-state index is -5.15. The number of hydrogen-bond acceptors (Lipinski definition) is 7. The molecule has 28 heavy (non-hydrogen) atoms. The second-order valence-electron chi connectivity index (χ2n) is 5.52. The van der Waals surface area contributed by atoms with Gasteiger partial charge >= 0.3 is 12.1 Å². The molecule has 1 aromatic carbocycles. The van der Waals surface area contributed by atoms with Gasteiger partial charge in [-0.05, 0) is 6.07 Å². The van der Waals surface area contributed by atoms with Crippen LogP contribution in [0.3, 0.4) is 0 Å². The van der Waals surface area contributed by atoms with E-state index in [4.69, 9.17) is 5.11 Å². The number of aliphatic hydroxyl groups is 1. The van der Waals surface area contributed by atoms with Crippen molar-refractivity contribution >= 4 is 23.3 Å². The lowest BCUT2D eigenvalue weighted by Gasteiger charge is -2.15. The lowest BCUT2D eigenvalue weighted by atomic mass is 10.1. The summed E-state index contributed by atoms with van der Waals surface area (Å²) in [7, 11) is 0.994. The number of anilines is 1. The van der Waals surface area contributed by atoms with Gasteiger partial charge in [-0.2, -0.15) is 13.2 Å². The highest BCUT2D eigenvalue weighted by Gasteiger charge is 2.39. The van der Waals surface area contributed by atoms with Gasteiger partial charge in [0.05, 0.1) is 42.4 Å². The quantitative estimate of drug-likeness (QED) is 0.317. The van der Waals surface area contributed by atoms with Crippen LogP contribution in [0.5, 0.6) is 0 Å². The minimum Gasteiger partial charge on any atom is -0.466 e. The van der Waals surface area contributed by atoms with Crippen LogP contribution in [0.2, 0.25) is 0 Å². The first-order chi connectivity index (χ1) is 13.0. The van der Waals surface area contributed by atoms with Gasteiger partial charge in [0.15, 0.2) is 0 Å². The highest BCUT2D eigenvalue weighted by atomic mass is 19.4. The third-order valence-corrected chi connectivity index (χ3v) is 3.80. The number of nitrogens with one attached hydrogen (secondary N) is 1. The molecule has 2 N–H and O–H groups in total. The highest BCUT2D eigenvalue weighted by Crippen LogP contribution is 2.38. The topological polar surface area (TPSA) is 122 Å². The monoisotopic (exact) mass is 407 g/mol. The van der Waals surface area contributed by atoms with Gasteiger partial charge in [-0.25, -0.2) is 9.18 Å². The Balaban J connectivity index is 2.58. The average Bonchev–Trinajstić information content (AvgIpc) is 2.91. The molecule has 1 aliphatic rings. The van der Waals surface area contributed by atoms with E-state index < -0.39 is 58.0 Å². The Hall–Kier alpha value is -3.22. The molecule has 0 atom stereocenters. The Morgan fingerprint density at radius 1 is 1.43 bits per heavy atom. The van der Waals surface area contributed by atoms with Crippen molar-refractivity contribution in [1.29, 1.82) is 0 Å². The third-order valence-electron chi connectivity index (χ3n) is 3.80.